The normalized spacial score (nSPS) is 14.3. The smallest absolute Gasteiger partial charge is 0.234 e. The van der Waals surface area contributed by atoms with E-state index in [2.05, 4.69) is 5.32 Å². The second kappa shape index (κ2) is 7.73. The predicted molar refractivity (Wildman–Crippen MR) is 81.7 cm³/mol. The van der Waals surface area contributed by atoms with Gasteiger partial charge in [0.05, 0.1) is 12.6 Å². The number of carbonyl (C=O) groups excluding carboxylic acids is 1. The lowest BCUT2D eigenvalue weighted by atomic mass is 10.0. The van der Waals surface area contributed by atoms with Crippen molar-refractivity contribution in [2.45, 2.75) is 39.0 Å². The molecule has 6 heteroatoms. The van der Waals surface area contributed by atoms with Gasteiger partial charge in [0, 0.05) is 16.6 Å². The maximum absolute atomic E-state index is 13.7. The summed E-state index contributed by atoms with van der Waals surface area (Å²) in [5.41, 5.74) is 0.00387. The van der Waals surface area contributed by atoms with E-state index in [0.29, 0.717) is 0 Å². The predicted octanol–water partition coefficient (Wildman–Crippen LogP) is 2.36. The first-order valence-corrected chi connectivity index (χ1v) is 7.23. The van der Waals surface area contributed by atoms with Crippen molar-refractivity contribution in [2.24, 2.45) is 0 Å². The van der Waals surface area contributed by atoms with Crippen LogP contribution in [0.1, 0.15) is 32.4 Å². The summed E-state index contributed by atoms with van der Waals surface area (Å²) < 4.78 is 13.7. The zero-order chi connectivity index (χ0) is 16.2. The molecule has 0 heterocycles. The van der Waals surface area contributed by atoms with Crippen molar-refractivity contribution in [3.63, 3.8) is 0 Å². The van der Waals surface area contributed by atoms with Crippen LogP contribution in [0.25, 0.3) is 0 Å². The highest BCUT2D eigenvalue weighted by Gasteiger charge is 2.24. The van der Waals surface area contributed by atoms with Crippen LogP contribution in [0.2, 0.25) is 5.02 Å². The third-order valence-electron chi connectivity index (χ3n) is 3.43. The van der Waals surface area contributed by atoms with Gasteiger partial charge in [-0.05, 0) is 40.0 Å². The first-order chi connectivity index (χ1) is 9.73. The molecule has 1 aromatic rings. The Morgan fingerprint density at radius 3 is 2.57 bits per heavy atom. The van der Waals surface area contributed by atoms with E-state index in [4.69, 9.17) is 11.6 Å². The summed E-state index contributed by atoms with van der Waals surface area (Å²) in [7, 11) is 1.83. The number of rotatable bonds is 6. The summed E-state index contributed by atoms with van der Waals surface area (Å²) in [5.74, 6) is -0.819. The first-order valence-electron chi connectivity index (χ1n) is 6.85. The fourth-order valence-corrected chi connectivity index (χ4v) is 2.11. The highest BCUT2D eigenvalue weighted by Crippen LogP contribution is 2.27. The number of nitrogens with zero attached hydrogens (tertiary/aromatic N) is 1. The third kappa shape index (κ3) is 4.95. The number of amides is 1. The van der Waals surface area contributed by atoms with Gasteiger partial charge in [-0.25, -0.2) is 4.39 Å². The monoisotopic (exact) mass is 316 g/mol. The minimum Gasteiger partial charge on any atom is -0.386 e. The molecule has 0 aliphatic carbocycles. The summed E-state index contributed by atoms with van der Waals surface area (Å²) in [6.07, 6.45) is -1.20. The molecule has 0 saturated heterocycles. The fraction of sp³-hybridized carbons (Fsp3) is 0.533. The van der Waals surface area contributed by atoms with Crippen LogP contribution in [-0.2, 0) is 4.79 Å². The van der Waals surface area contributed by atoms with E-state index in [-0.39, 0.29) is 29.1 Å². The van der Waals surface area contributed by atoms with Crippen molar-refractivity contribution in [1.82, 2.24) is 10.2 Å². The summed E-state index contributed by atoms with van der Waals surface area (Å²) in [6.45, 7) is 5.77. The van der Waals surface area contributed by atoms with Crippen molar-refractivity contribution < 1.29 is 14.3 Å². The number of halogens is 2. The number of aliphatic hydroxyl groups is 1. The van der Waals surface area contributed by atoms with Crippen molar-refractivity contribution in [1.29, 1.82) is 0 Å². The van der Waals surface area contributed by atoms with E-state index in [9.17, 15) is 14.3 Å². The molecule has 2 atom stereocenters. The van der Waals surface area contributed by atoms with Gasteiger partial charge in [0.25, 0.3) is 0 Å². The lowest BCUT2D eigenvalue weighted by molar-refractivity contribution is -0.123. The van der Waals surface area contributed by atoms with Gasteiger partial charge >= 0.3 is 0 Å². The third-order valence-corrected chi connectivity index (χ3v) is 3.76. The number of nitrogens with one attached hydrogen (secondary N) is 1. The summed E-state index contributed by atoms with van der Waals surface area (Å²) in [6, 6.07) is 3.79. The molecule has 21 heavy (non-hydrogen) atoms. The zero-order valence-electron chi connectivity index (χ0n) is 12.7. The summed E-state index contributed by atoms with van der Waals surface area (Å²) in [4.78, 5) is 13.7. The standard InChI is InChI=1S/C15H22ClFN2O2/c1-9(2)19(4)8-13(20)18-10(3)15(21)14-11(16)6-5-7-12(14)17/h5-7,9-10,15,21H,8H2,1-4H3,(H,18,20)/t10-,15-/m0/s1. The van der Waals surface area contributed by atoms with Gasteiger partial charge < -0.3 is 10.4 Å². The van der Waals surface area contributed by atoms with Crippen LogP contribution in [0.5, 0.6) is 0 Å². The summed E-state index contributed by atoms with van der Waals surface area (Å²) >= 11 is 5.91. The number of benzene rings is 1. The van der Waals surface area contributed by atoms with E-state index in [1.165, 1.54) is 18.2 Å². The SMILES string of the molecule is CC(C)N(C)CC(=O)N[C@@H](C)[C@H](O)c1c(F)cccc1Cl. The van der Waals surface area contributed by atoms with E-state index < -0.39 is 18.0 Å². The molecule has 1 amide bonds. The molecule has 0 radical (unpaired) electrons. The Balaban J connectivity index is 2.71. The lowest BCUT2D eigenvalue weighted by Gasteiger charge is -2.25. The van der Waals surface area contributed by atoms with Gasteiger partial charge in [-0.15, -0.1) is 0 Å². The Morgan fingerprint density at radius 1 is 1.43 bits per heavy atom. The Hall–Kier alpha value is -1.17. The number of hydrogen-bond acceptors (Lipinski definition) is 3. The number of carbonyl (C=O) groups is 1. The van der Waals surface area contributed by atoms with E-state index in [1.807, 2.05) is 25.8 Å². The van der Waals surface area contributed by atoms with E-state index in [0.717, 1.165) is 0 Å². The average Bonchev–Trinajstić information content (AvgIpc) is 2.37. The van der Waals surface area contributed by atoms with Gasteiger partial charge in [0.1, 0.15) is 11.9 Å². The molecule has 0 saturated carbocycles. The Kier molecular flexibility index (Phi) is 6.58. The largest absolute Gasteiger partial charge is 0.386 e. The molecule has 2 N–H and O–H groups in total. The topological polar surface area (TPSA) is 52.6 Å². The van der Waals surface area contributed by atoms with Crippen LogP contribution in [0, 0.1) is 5.82 Å². The molecular formula is C15H22ClFN2O2. The average molecular weight is 317 g/mol. The molecule has 0 bridgehead atoms. The number of likely N-dealkylation sites (N-methyl/N-ethyl adjacent to an activating group) is 1. The maximum atomic E-state index is 13.7. The molecular weight excluding hydrogens is 295 g/mol. The number of aliphatic hydroxyl groups excluding tert-OH is 1. The molecule has 0 fully saturated rings. The highest BCUT2D eigenvalue weighted by molar-refractivity contribution is 6.31. The van der Waals surface area contributed by atoms with Gasteiger partial charge in [0.2, 0.25) is 5.91 Å². The minimum atomic E-state index is -1.20. The van der Waals surface area contributed by atoms with Crippen LogP contribution < -0.4 is 5.32 Å². The fourth-order valence-electron chi connectivity index (χ4n) is 1.83. The second-order valence-electron chi connectivity index (χ2n) is 5.45. The quantitative estimate of drug-likeness (QED) is 0.847. The second-order valence-corrected chi connectivity index (χ2v) is 5.85. The molecule has 1 aromatic carbocycles. The molecule has 1 rings (SSSR count). The van der Waals surface area contributed by atoms with Crippen molar-refractivity contribution in [3.8, 4) is 0 Å². The van der Waals surface area contributed by atoms with Gasteiger partial charge in [-0.1, -0.05) is 17.7 Å². The van der Waals surface area contributed by atoms with Gasteiger partial charge in [-0.2, -0.15) is 0 Å². The van der Waals surface area contributed by atoms with Crippen LogP contribution in [-0.4, -0.2) is 41.6 Å². The van der Waals surface area contributed by atoms with Gasteiger partial charge in [-0.3, -0.25) is 9.69 Å². The minimum absolute atomic E-state index is 0.00387. The molecule has 118 valence electrons. The van der Waals surface area contributed by atoms with E-state index >= 15 is 0 Å². The first kappa shape index (κ1) is 17.9. The highest BCUT2D eigenvalue weighted by atomic mass is 35.5. The zero-order valence-corrected chi connectivity index (χ0v) is 13.5. The van der Waals surface area contributed by atoms with Crippen molar-refractivity contribution in [2.75, 3.05) is 13.6 Å². The van der Waals surface area contributed by atoms with Crippen molar-refractivity contribution in [3.05, 3.63) is 34.6 Å². The van der Waals surface area contributed by atoms with Gasteiger partial charge in [0.15, 0.2) is 0 Å². The van der Waals surface area contributed by atoms with Crippen molar-refractivity contribution >= 4 is 17.5 Å². The van der Waals surface area contributed by atoms with Crippen LogP contribution in [0.3, 0.4) is 0 Å². The Labute approximate surface area is 129 Å². The van der Waals surface area contributed by atoms with Crippen LogP contribution in [0.15, 0.2) is 18.2 Å². The lowest BCUT2D eigenvalue weighted by Crippen LogP contribution is -2.44. The van der Waals surface area contributed by atoms with Crippen LogP contribution >= 0.6 is 11.6 Å². The Morgan fingerprint density at radius 2 is 2.05 bits per heavy atom. The van der Waals surface area contributed by atoms with Crippen LogP contribution in [0.4, 0.5) is 4.39 Å². The van der Waals surface area contributed by atoms with E-state index in [1.54, 1.807) is 6.92 Å². The number of hydrogen-bond donors (Lipinski definition) is 2. The molecule has 0 aliphatic rings. The molecule has 0 aliphatic heterocycles. The molecule has 0 spiro atoms. The molecule has 4 nitrogen and oxygen atoms in total. The molecule has 0 unspecified atom stereocenters. The Bertz CT molecular complexity index is 476. The molecule has 0 aromatic heterocycles. The maximum Gasteiger partial charge on any atom is 0.234 e. The summed E-state index contributed by atoms with van der Waals surface area (Å²) in [5, 5.41) is 13.0.